The lowest BCUT2D eigenvalue weighted by molar-refractivity contribution is -0.305. The lowest BCUT2D eigenvalue weighted by atomic mass is 9.99. The fourth-order valence-electron chi connectivity index (χ4n) is 10.7. The highest BCUT2D eigenvalue weighted by Crippen LogP contribution is 2.26. The van der Waals surface area contributed by atoms with Crippen molar-refractivity contribution in [1.29, 1.82) is 0 Å². The lowest BCUT2D eigenvalue weighted by Crippen LogP contribution is -2.61. The normalized spacial score (nSPS) is 19.0. The molecule has 8 atom stereocenters. The number of rotatable bonds is 59. The van der Waals surface area contributed by atoms with Crippen molar-refractivity contribution in [3.8, 4) is 0 Å². The third-order valence-corrected chi connectivity index (χ3v) is 16.2. The third kappa shape index (κ3) is 45.7. The molecule has 8 unspecified atom stereocenters. The van der Waals surface area contributed by atoms with E-state index in [0.29, 0.717) is 19.3 Å². The molecule has 0 aromatic carbocycles. The smallest absolute Gasteiger partial charge is 0.306 e. The molecule has 0 aromatic rings. The maximum absolute atomic E-state index is 13.5. The van der Waals surface area contributed by atoms with Gasteiger partial charge in [-0.15, -0.1) is 0 Å². The summed E-state index contributed by atoms with van der Waals surface area (Å²) in [4.78, 5) is 26.6. The molecule has 478 valence electrons. The van der Waals surface area contributed by atoms with Crippen molar-refractivity contribution in [1.82, 2.24) is 5.32 Å². The number of carbonyl (C=O) groups excluding carboxylic acids is 2. The minimum Gasteiger partial charge on any atom is -0.454 e. The molecule has 11 nitrogen and oxygen atoms in total. The number of ether oxygens (including phenoxy) is 3. The summed E-state index contributed by atoms with van der Waals surface area (Å²) in [5.41, 5.74) is 0. The number of esters is 1. The number of hydrogen-bond donors (Lipinski definition) is 6. The largest absolute Gasteiger partial charge is 0.454 e. The molecule has 0 aliphatic carbocycles. The average Bonchev–Trinajstić information content (AvgIpc) is 3.45. The van der Waals surface area contributed by atoms with Crippen molar-refractivity contribution in [2.24, 2.45) is 0 Å². The number of nitrogens with one attached hydrogen (secondary N) is 1. The first-order chi connectivity index (χ1) is 40.2. The fraction of sp³-hybridized carbons (Fsp3) is 0.831. The second kappa shape index (κ2) is 58.7. The van der Waals surface area contributed by atoms with Gasteiger partial charge in [0.05, 0.1) is 25.4 Å². The summed E-state index contributed by atoms with van der Waals surface area (Å²) in [7, 11) is 0. The van der Waals surface area contributed by atoms with Crippen LogP contribution in [-0.4, -0.2) is 99.6 Å². The zero-order chi connectivity index (χ0) is 59.6. The van der Waals surface area contributed by atoms with Gasteiger partial charge >= 0.3 is 5.97 Å². The van der Waals surface area contributed by atoms with Gasteiger partial charge in [-0.2, -0.15) is 0 Å². The van der Waals surface area contributed by atoms with Crippen LogP contribution >= 0.6 is 0 Å². The number of allylic oxidation sites excluding steroid dienone is 9. The van der Waals surface area contributed by atoms with E-state index in [1.807, 2.05) is 6.08 Å². The molecule has 0 saturated carbocycles. The summed E-state index contributed by atoms with van der Waals surface area (Å²) in [6.07, 6.45) is 64.2. The summed E-state index contributed by atoms with van der Waals surface area (Å²) < 4.78 is 17.6. The molecule has 11 heteroatoms. The summed E-state index contributed by atoms with van der Waals surface area (Å²) in [5, 5.41) is 57.1. The highest BCUT2D eigenvalue weighted by atomic mass is 16.7. The van der Waals surface area contributed by atoms with Gasteiger partial charge in [-0.25, -0.2) is 0 Å². The number of unbranched alkanes of at least 4 members (excludes halogenated alkanes) is 37. The van der Waals surface area contributed by atoms with Gasteiger partial charge in [0.1, 0.15) is 24.4 Å². The SMILES string of the molecule is CC/C=C/C/C=C/C/C=C/CCCCCCC(=O)OC1C(OCC(NC(=O)C(O)CCCCCCCCCCCCCCCCCC/C=C/CCCCCCCC)C(O)/C=C/CCCCCCCCCCCCC)OC(CO)C(O)C1O. The number of aliphatic hydroxyl groups excluding tert-OH is 5. The summed E-state index contributed by atoms with van der Waals surface area (Å²) in [6.45, 7) is 5.69. The minimum atomic E-state index is -1.62. The minimum absolute atomic E-state index is 0.0976. The topological polar surface area (TPSA) is 175 Å². The fourth-order valence-corrected chi connectivity index (χ4v) is 10.7. The first kappa shape index (κ1) is 77.4. The Kier molecular flexibility index (Phi) is 55.4. The van der Waals surface area contributed by atoms with Gasteiger partial charge in [0.15, 0.2) is 12.4 Å². The van der Waals surface area contributed by atoms with Crippen LogP contribution in [0.4, 0.5) is 0 Å². The summed E-state index contributed by atoms with van der Waals surface area (Å²) in [6, 6.07) is -1.03. The molecule has 1 aliphatic rings. The van der Waals surface area contributed by atoms with E-state index >= 15 is 0 Å². The van der Waals surface area contributed by atoms with E-state index in [0.717, 1.165) is 83.5 Å². The number of hydrogen-bond acceptors (Lipinski definition) is 10. The van der Waals surface area contributed by atoms with Gasteiger partial charge < -0.3 is 45.1 Å². The Bertz CT molecular complexity index is 1560. The molecule has 1 heterocycles. The van der Waals surface area contributed by atoms with Crippen LogP contribution in [0.3, 0.4) is 0 Å². The Balaban J connectivity index is 2.57. The van der Waals surface area contributed by atoms with Gasteiger partial charge in [-0.05, 0) is 83.5 Å². The standard InChI is InChI=1S/C71H129NO10/c1-4-7-10-13-16-19-22-25-27-28-29-30-31-32-33-34-35-36-37-38-40-43-46-49-52-55-58-64(75)70(79)72-62(63(74)57-54-51-48-45-42-39-24-21-18-15-12-9-6-3)61-80-71-69(68(78)67(77)65(60-73)81-71)82-66(76)59-56-53-50-47-44-41-26-23-20-17-14-11-8-5-2/h8,11,17,20,25-27,41,54,57,62-65,67-69,71,73-75,77-78H,4-7,9-10,12-16,18-19,21-24,28-40,42-53,55-56,58-61H2,1-3H3,(H,72,79)/b11-8+,20-17+,27-25+,41-26+,57-54+. The zero-order valence-electron chi connectivity index (χ0n) is 53.1. The molecular weight excluding hydrogens is 1030 g/mol. The first-order valence-corrected chi connectivity index (χ1v) is 34.6. The van der Waals surface area contributed by atoms with Crippen LogP contribution in [0, 0.1) is 0 Å². The lowest BCUT2D eigenvalue weighted by Gasteiger charge is -2.41. The van der Waals surface area contributed by atoms with Crippen molar-refractivity contribution in [3.05, 3.63) is 60.8 Å². The molecule has 1 aliphatic heterocycles. The Labute approximate surface area is 503 Å². The molecule has 0 spiro atoms. The number of amides is 1. The van der Waals surface area contributed by atoms with Crippen LogP contribution in [0.25, 0.3) is 0 Å². The van der Waals surface area contributed by atoms with Crippen LogP contribution in [0.5, 0.6) is 0 Å². The second-order valence-corrected chi connectivity index (χ2v) is 23.9. The zero-order valence-corrected chi connectivity index (χ0v) is 53.1. The second-order valence-electron chi connectivity index (χ2n) is 23.9. The Hall–Kier alpha value is -2.64. The van der Waals surface area contributed by atoms with Crippen molar-refractivity contribution in [2.75, 3.05) is 13.2 Å². The van der Waals surface area contributed by atoms with Crippen LogP contribution in [0.1, 0.15) is 316 Å². The van der Waals surface area contributed by atoms with E-state index in [1.54, 1.807) is 6.08 Å². The van der Waals surface area contributed by atoms with E-state index in [-0.39, 0.29) is 13.0 Å². The van der Waals surface area contributed by atoms with E-state index in [9.17, 15) is 35.1 Å². The van der Waals surface area contributed by atoms with Crippen LogP contribution in [0.15, 0.2) is 60.8 Å². The van der Waals surface area contributed by atoms with Crippen molar-refractivity contribution in [2.45, 2.75) is 365 Å². The van der Waals surface area contributed by atoms with E-state index < -0.39 is 67.4 Å². The molecule has 6 N–H and O–H groups in total. The molecule has 0 radical (unpaired) electrons. The molecular formula is C71H129NO10. The van der Waals surface area contributed by atoms with Gasteiger partial charge in [0, 0.05) is 6.42 Å². The molecule has 82 heavy (non-hydrogen) atoms. The molecule has 1 saturated heterocycles. The molecule has 0 bridgehead atoms. The molecule has 1 rings (SSSR count). The average molecular weight is 1160 g/mol. The highest BCUT2D eigenvalue weighted by molar-refractivity contribution is 5.80. The first-order valence-electron chi connectivity index (χ1n) is 34.6. The predicted molar refractivity (Wildman–Crippen MR) is 343 cm³/mol. The Morgan fingerprint density at radius 3 is 1.33 bits per heavy atom. The van der Waals surface area contributed by atoms with Crippen LogP contribution in [0.2, 0.25) is 0 Å². The van der Waals surface area contributed by atoms with Gasteiger partial charge in [-0.1, -0.05) is 287 Å². The van der Waals surface area contributed by atoms with Gasteiger partial charge in [0.25, 0.3) is 0 Å². The van der Waals surface area contributed by atoms with Crippen molar-refractivity contribution >= 4 is 11.9 Å². The Morgan fingerprint density at radius 1 is 0.488 bits per heavy atom. The van der Waals surface area contributed by atoms with Crippen molar-refractivity contribution in [3.63, 3.8) is 0 Å². The monoisotopic (exact) mass is 1160 g/mol. The molecule has 1 fully saturated rings. The van der Waals surface area contributed by atoms with Gasteiger partial charge in [-0.3, -0.25) is 9.59 Å². The maximum Gasteiger partial charge on any atom is 0.306 e. The van der Waals surface area contributed by atoms with Crippen LogP contribution in [-0.2, 0) is 23.8 Å². The third-order valence-electron chi connectivity index (χ3n) is 16.2. The maximum atomic E-state index is 13.5. The quantitative estimate of drug-likeness (QED) is 0.0195. The summed E-state index contributed by atoms with van der Waals surface area (Å²) >= 11 is 0. The van der Waals surface area contributed by atoms with E-state index in [2.05, 4.69) is 74.7 Å². The number of carbonyl (C=O) groups is 2. The van der Waals surface area contributed by atoms with Crippen molar-refractivity contribution < 1.29 is 49.3 Å². The van der Waals surface area contributed by atoms with Gasteiger partial charge in [0.2, 0.25) is 5.91 Å². The number of aliphatic hydroxyl groups is 5. The van der Waals surface area contributed by atoms with E-state index in [1.165, 1.54) is 186 Å². The predicted octanol–water partition coefficient (Wildman–Crippen LogP) is 17.3. The molecule has 1 amide bonds. The summed E-state index contributed by atoms with van der Waals surface area (Å²) in [5.74, 6) is -1.21. The highest BCUT2D eigenvalue weighted by Gasteiger charge is 2.47. The molecule has 0 aromatic heterocycles. The van der Waals surface area contributed by atoms with Crippen LogP contribution < -0.4 is 5.32 Å². The van der Waals surface area contributed by atoms with E-state index in [4.69, 9.17) is 14.2 Å². The Morgan fingerprint density at radius 2 is 0.878 bits per heavy atom.